The van der Waals surface area contributed by atoms with Gasteiger partial charge in [-0.05, 0) is 0 Å². The van der Waals surface area contributed by atoms with Crippen LogP contribution in [0.1, 0.15) is 6.42 Å². The summed E-state index contributed by atoms with van der Waals surface area (Å²) in [7, 11) is 0. The predicted octanol–water partition coefficient (Wildman–Crippen LogP) is -2.60. The number of aliphatic hydroxyl groups excluding tert-OH is 3. The molecule has 0 amide bonds. The maximum Gasteiger partial charge on any atom is 0.192 e. The van der Waals surface area contributed by atoms with Crippen LogP contribution < -0.4 is 5.32 Å². The molecule has 6 heteroatoms. The van der Waals surface area contributed by atoms with E-state index in [1.165, 1.54) is 0 Å². The molecule has 84 valence electrons. The molecule has 5 N–H and O–H groups in total. The fourth-order valence-electron chi connectivity index (χ4n) is 1.47. The Hall–Kier alpha value is -0.240. The standard InChI is InChI=1S/C8H17NO5/c10-2-1-9-4-7-6(12)3-8(13,5-11)14-7/h6-7,9-13H,1-5H2. The van der Waals surface area contributed by atoms with Gasteiger partial charge in [0, 0.05) is 19.5 Å². The van der Waals surface area contributed by atoms with Crippen molar-refractivity contribution in [1.29, 1.82) is 0 Å². The summed E-state index contributed by atoms with van der Waals surface area (Å²) in [5.74, 6) is -1.62. The predicted molar refractivity (Wildman–Crippen MR) is 47.5 cm³/mol. The average molecular weight is 207 g/mol. The number of hydrogen-bond donors (Lipinski definition) is 5. The molecule has 1 aliphatic rings. The van der Waals surface area contributed by atoms with Crippen LogP contribution in [0.5, 0.6) is 0 Å². The lowest BCUT2D eigenvalue weighted by Crippen LogP contribution is -2.37. The summed E-state index contributed by atoms with van der Waals surface area (Å²) >= 11 is 0. The Bertz CT molecular complexity index is 179. The van der Waals surface area contributed by atoms with Gasteiger partial charge in [-0.1, -0.05) is 0 Å². The molecule has 1 fully saturated rings. The quantitative estimate of drug-likeness (QED) is 0.317. The van der Waals surface area contributed by atoms with Crippen molar-refractivity contribution in [3.05, 3.63) is 0 Å². The Morgan fingerprint density at radius 3 is 2.64 bits per heavy atom. The first kappa shape index (κ1) is 11.8. The maximum absolute atomic E-state index is 9.49. The highest BCUT2D eigenvalue weighted by atomic mass is 16.7. The van der Waals surface area contributed by atoms with E-state index >= 15 is 0 Å². The van der Waals surface area contributed by atoms with Crippen molar-refractivity contribution in [1.82, 2.24) is 5.32 Å². The number of hydrogen-bond acceptors (Lipinski definition) is 6. The molecule has 0 aliphatic carbocycles. The third-order valence-electron chi connectivity index (χ3n) is 2.21. The Morgan fingerprint density at radius 2 is 2.14 bits per heavy atom. The number of rotatable bonds is 5. The van der Waals surface area contributed by atoms with Crippen molar-refractivity contribution in [2.75, 3.05) is 26.3 Å². The summed E-state index contributed by atoms with van der Waals surface area (Å²) in [5.41, 5.74) is 0. The minimum Gasteiger partial charge on any atom is -0.395 e. The zero-order chi connectivity index (χ0) is 10.6. The van der Waals surface area contributed by atoms with Crippen molar-refractivity contribution < 1.29 is 25.2 Å². The summed E-state index contributed by atoms with van der Waals surface area (Å²) < 4.78 is 5.07. The molecular formula is C8H17NO5. The van der Waals surface area contributed by atoms with Crippen molar-refractivity contribution in [2.24, 2.45) is 0 Å². The van der Waals surface area contributed by atoms with Crippen LogP contribution in [-0.2, 0) is 4.74 Å². The summed E-state index contributed by atoms with van der Waals surface area (Å²) in [6.07, 6.45) is -1.33. The molecule has 0 aromatic carbocycles. The lowest BCUT2D eigenvalue weighted by atomic mass is 10.1. The monoisotopic (exact) mass is 207 g/mol. The molecule has 1 rings (SSSR count). The van der Waals surface area contributed by atoms with Crippen LogP contribution in [0.15, 0.2) is 0 Å². The van der Waals surface area contributed by atoms with E-state index in [9.17, 15) is 10.2 Å². The fraction of sp³-hybridized carbons (Fsp3) is 1.00. The molecule has 3 unspecified atom stereocenters. The first-order valence-corrected chi connectivity index (χ1v) is 4.62. The molecule has 0 spiro atoms. The van der Waals surface area contributed by atoms with E-state index in [-0.39, 0.29) is 13.0 Å². The van der Waals surface area contributed by atoms with Crippen LogP contribution in [0, 0.1) is 0 Å². The molecule has 0 saturated carbocycles. The van der Waals surface area contributed by atoms with Gasteiger partial charge in [0.15, 0.2) is 5.79 Å². The molecule has 0 radical (unpaired) electrons. The van der Waals surface area contributed by atoms with Crippen LogP contribution in [0.25, 0.3) is 0 Å². The van der Waals surface area contributed by atoms with Crippen LogP contribution in [0.2, 0.25) is 0 Å². The van der Waals surface area contributed by atoms with E-state index in [1.54, 1.807) is 0 Å². The second kappa shape index (κ2) is 5.01. The molecule has 1 saturated heterocycles. The Morgan fingerprint density at radius 1 is 1.43 bits per heavy atom. The molecule has 0 aromatic rings. The van der Waals surface area contributed by atoms with Crippen LogP contribution in [0.4, 0.5) is 0 Å². The lowest BCUT2D eigenvalue weighted by molar-refractivity contribution is -0.212. The Kier molecular flexibility index (Phi) is 4.24. The highest BCUT2D eigenvalue weighted by molar-refractivity contribution is 4.87. The third kappa shape index (κ3) is 2.88. The molecule has 6 nitrogen and oxygen atoms in total. The summed E-state index contributed by atoms with van der Waals surface area (Å²) in [6.45, 7) is 0.224. The lowest BCUT2D eigenvalue weighted by Gasteiger charge is -2.20. The molecule has 14 heavy (non-hydrogen) atoms. The van der Waals surface area contributed by atoms with Gasteiger partial charge in [0.1, 0.15) is 0 Å². The normalized spacial score (nSPS) is 37.7. The topological polar surface area (TPSA) is 102 Å². The number of nitrogens with one attached hydrogen (secondary N) is 1. The van der Waals surface area contributed by atoms with Crippen LogP contribution >= 0.6 is 0 Å². The molecule has 1 heterocycles. The van der Waals surface area contributed by atoms with Gasteiger partial charge in [-0.2, -0.15) is 0 Å². The Labute approximate surface area is 82.1 Å². The zero-order valence-corrected chi connectivity index (χ0v) is 7.89. The summed E-state index contributed by atoms with van der Waals surface area (Å²) in [6, 6.07) is 0. The molecule has 1 aliphatic heterocycles. The smallest absolute Gasteiger partial charge is 0.192 e. The van der Waals surface area contributed by atoms with Gasteiger partial charge in [-0.3, -0.25) is 0 Å². The van der Waals surface area contributed by atoms with Gasteiger partial charge in [0.2, 0.25) is 0 Å². The highest BCUT2D eigenvalue weighted by Crippen LogP contribution is 2.27. The van der Waals surface area contributed by atoms with E-state index < -0.39 is 24.6 Å². The molecular weight excluding hydrogens is 190 g/mol. The van der Waals surface area contributed by atoms with Gasteiger partial charge < -0.3 is 30.5 Å². The van der Waals surface area contributed by atoms with Gasteiger partial charge in [0.05, 0.1) is 25.4 Å². The molecule has 0 bridgehead atoms. The average Bonchev–Trinajstić information content (AvgIpc) is 2.44. The first-order valence-electron chi connectivity index (χ1n) is 4.62. The van der Waals surface area contributed by atoms with E-state index in [2.05, 4.69) is 5.32 Å². The second-order valence-corrected chi connectivity index (χ2v) is 3.46. The number of ether oxygens (including phenoxy) is 1. The van der Waals surface area contributed by atoms with Crippen molar-refractivity contribution in [2.45, 2.75) is 24.4 Å². The molecule has 0 aromatic heterocycles. The fourth-order valence-corrected chi connectivity index (χ4v) is 1.47. The van der Waals surface area contributed by atoms with Crippen molar-refractivity contribution in [3.8, 4) is 0 Å². The minimum absolute atomic E-state index is 0.00703. The van der Waals surface area contributed by atoms with Crippen LogP contribution in [-0.4, -0.2) is 64.7 Å². The van der Waals surface area contributed by atoms with E-state index in [0.29, 0.717) is 13.1 Å². The van der Waals surface area contributed by atoms with Crippen molar-refractivity contribution >= 4 is 0 Å². The number of aliphatic hydroxyl groups is 4. The highest BCUT2D eigenvalue weighted by Gasteiger charge is 2.43. The van der Waals surface area contributed by atoms with Gasteiger partial charge >= 0.3 is 0 Å². The zero-order valence-electron chi connectivity index (χ0n) is 7.89. The summed E-state index contributed by atoms with van der Waals surface area (Å²) in [4.78, 5) is 0. The van der Waals surface area contributed by atoms with E-state index in [0.717, 1.165) is 0 Å². The third-order valence-corrected chi connectivity index (χ3v) is 2.21. The SMILES string of the molecule is OCCNCC1OC(O)(CO)CC1O. The van der Waals surface area contributed by atoms with Crippen molar-refractivity contribution in [3.63, 3.8) is 0 Å². The second-order valence-electron chi connectivity index (χ2n) is 3.46. The van der Waals surface area contributed by atoms with E-state index in [4.69, 9.17) is 14.9 Å². The van der Waals surface area contributed by atoms with Gasteiger partial charge in [-0.25, -0.2) is 0 Å². The van der Waals surface area contributed by atoms with Crippen LogP contribution in [0.3, 0.4) is 0 Å². The van der Waals surface area contributed by atoms with Gasteiger partial charge in [-0.15, -0.1) is 0 Å². The summed E-state index contributed by atoms with van der Waals surface area (Å²) in [5, 5.41) is 39.1. The largest absolute Gasteiger partial charge is 0.395 e. The Balaban J connectivity index is 2.33. The van der Waals surface area contributed by atoms with Gasteiger partial charge in [0.25, 0.3) is 0 Å². The maximum atomic E-state index is 9.49. The minimum atomic E-state index is -1.62. The van der Waals surface area contributed by atoms with E-state index in [1.807, 2.05) is 0 Å². The first-order chi connectivity index (χ1) is 6.61. The molecule has 3 atom stereocenters.